The van der Waals surface area contributed by atoms with Crippen molar-refractivity contribution in [3.8, 4) is 5.69 Å². The molecule has 0 radical (unpaired) electrons. The van der Waals surface area contributed by atoms with E-state index in [9.17, 15) is 4.79 Å². The SMILES string of the molecule is O=C(c1c(Cl)n(-c2ccccc2)c2c1=CCCC=2)N1CCN(CCO)CC1. The maximum absolute atomic E-state index is 13.3. The van der Waals surface area contributed by atoms with Crippen molar-refractivity contribution >= 4 is 29.7 Å². The summed E-state index contributed by atoms with van der Waals surface area (Å²) in [5, 5.41) is 11.6. The lowest BCUT2D eigenvalue weighted by atomic mass is 10.1. The van der Waals surface area contributed by atoms with E-state index in [4.69, 9.17) is 16.7 Å². The molecule has 1 N–H and O–H groups in total. The third-order valence-corrected chi connectivity index (χ3v) is 5.70. The lowest BCUT2D eigenvalue weighted by molar-refractivity contribution is 0.0614. The summed E-state index contributed by atoms with van der Waals surface area (Å²) in [6.45, 7) is 3.68. The zero-order valence-corrected chi connectivity index (χ0v) is 16.0. The second kappa shape index (κ2) is 7.89. The molecule has 1 aromatic heterocycles. The van der Waals surface area contributed by atoms with Crippen molar-refractivity contribution in [3.63, 3.8) is 0 Å². The Morgan fingerprint density at radius 3 is 2.44 bits per heavy atom. The number of fused-ring (bicyclic) bond motifs is 1. The second-order valence-electron chi connectivity index (χ2n) is 6.98. The standard InChI is InChI=1S/C21H24ClN3O2/c22-20-19(21(27)24-12-10-23(11-13-24)14-15-26)17-8-4-5-9-18(17)25(20)16-6-2-1-3-7-16/h1-3,6-9,26H,4-5,10-15H2. The molecule has 1 amide bonds. The lowest BCUT2D eigenvalue weighted by Gasteiger charge is -2.34. The van der Waals surface area contributed by atoms with Gasteiger partial charge in [-0.05, 0) is 25.0 Å². The Morgan fingerprint density at radius 1 is 1.04 bits per heavy atom. The van der Waals surface area contributed by atoms with Crippen LogP contribution in [0, 0.1) is 0 Å². The molecule has 0 saturated carbocycles. The van der Waals surface area contributed by atoms with Gasteiger partial charge in [0.15, 0.2) is 0 Å². The highest BCUT2D eigenvalue weighted by atomic mass is 35.5. The Bertz CT molecular complexity index is 944. The van der Waals surface area contributed by atoms with E-state index >= 15 is 0 Å². The number of rotatable bonds is 4. The molecule has 1 aliphatic heterocycles. The maximum atomic E-state index is 13.3. The highest BCUT2D eigenvalue weighted by Crippen LogP contribution is 2.20. The van der Waals surface area contributed by atoms with Crippen molar-refractivity contribution in [1.29, 1.82) is 0 Å². The average Bonchev–Trinajstić information content (AvgIpc) is 3.01. The van der Waals surface area contributed by atoms with Crippen LogP contribution in [-0.4, -0.2) is 64.7 Å². The third-order valence-electron chi connectivity index (χ3n) is 5.35. The van der Waals surface area contributed by atoms with E-state index in [1.165, 1.54) is 0 Å². The number of β-amino-alcohol motifs (C(OH)–C–C–N with tert-alkyl or cyclic N) is 1. The smallest absolute Gasteiger partial charge is 0.257 e. The summed E-state index contributed by atoms with van der Waals surface area (Å²) in [6.07, 6.45) is 6.18. The molecule has 0 spiro atoms. The van der Waals surface area contributed by atoms with Gasteiger partial charge in [-0.2, -0.15) is 0 Å². The molecule has 0 unspecified atom stereocenters. The molecule has 0 atom stereocenters. The van der Waals surface area contributed by atoms with E-state index in [0.717, 1.165) is 42.2 Å². The van der Waals surface area contributed by atoms with E-state index in [1.54, 1.807) is 0 Å². The van der Waals surface area contributed by atoms with Gasteiger partial charge in [-0.1, -0.05) is 42.0 Å². The Hall–Kier alpha value is -2.08. The molecule has 1 saturated heterocycles. The molecule has 1 fully saturated rings. The molecule has 2 heterocycles. The first kappa shape index (κ1) is 18.3. The minimum absolute atomic E-state index is 0.00105. The molecule has 4 rings (SSSR count). The van der Waals surface area contributed by atoms with Crippen molar-refractivity contribution in [3.05, 3.63) is 51.6 Å². The van der Waals surface area contributed by atoms with E-state index in [1.807, 2.05) is 39.8 Å². The molecular formula is C21H24ClN3O2. The van der Waals surface area contributed by atoms with Gasteiger partial charge in [-0.15, -0.1) is 0 Å². The van der Waals surface area contributed by atoms with Crippen LogP contribution in [0.3, 0.4) is 0 Å². The number of hydrogen-bond donors (Lipinski definition) is 1. The number of aliphatic hydroxyl groups excluding tert-OH is 1. The molecule has 142 valence electrons. The topological polar surface area (TPSA) is 48.7 Å². The summed E-state index contributed by atoms with van der Waals surface area (Å²) in [6, 6.07) is 9.95. The van der Waals surface area contributed by atoms with Gasteiger partial charge in [0.2, 0.25) is 0 Å². The fourth-order valence-corrected chi connectivity index (χ4v) is 4.31. The summed E-state index contributed by atoms with van der Waals surface area (Å²) in [5.74, 6) is 0.00105. The minimum Gasteiger partial charge on any atom is -0.395 e. The Morgan fingerprint density at radius 2 is 1.74 bits per heavy atom. The van der Waals surface area contributed by atoms with Crippen LogP contribution >= 0.6 is 11.6 Å². The molecular weight excluding hydrogens is 362 g/mol. The molecule has 2 aliphatic rings. The number of hydrogen-bond acceptors (Lipinski definition) is 3. The van der Waals surface area contributed by atoms with Gasteiger partial charge in [0, 0.05) is 43.6 Å². The predicted molar refractivity (Wildman–Crippen MR) is 108 cm³/mol. The first-order valence-corrected chi connectivity index (χ1v) is 9.87. The fraction of sp³-hybridized carbons (Fsp3) is 0.381. The molecule has 2 aromatic rings. The number of aromatic nitrogens is 1. The average molecular weight is 386 g/mol. The largest absolute Gasteiger partial charge is 0.395 e. The van der Waals surface area contributed by atoms with Crippen LogP contribution in [0.2, 0.25) is 5.15 Å². The van der Waals surface area contributed by atoms with Gasteiger partial charge in [-0.3, -0.25) is 14.3 Å². The van der Waals surface area contributed by atoms with Gasteiger partial charge in [0.05, 0.1) is 17.5 Å². The van der Waals surface area contributed by atoms with E-state index in [0.29, 0.717) is 30.4 Å². The van der Waals surface area contributed by atoms with Crippen LogP contribution < -0.4 is 10.6 Å². The predicted octanol–water partition coefficient (Wildman–Crippen LogP) is 1.24. The first-order chi connectivity index (χ1) is 13.2. The summed E-state index contributed by atoms with van der Waals surface area (Å²) >= 11 is 6.78. The number of carbonyl (C=O) groups excluding carboxylic acids is 1. The summed E-state index contributed by atoms with van der Waals surface area (Å²) in [4.78, 5) is 17.4. The Balaban J connectivity index is 1.72. The molecule has 1 aromatic carbocycles. The monoisotopic (exact) mass is 385 g/mol. The molecule has 27 heavy (non-hydrogen) atoms. The van der Waals surface area contributed by atoms with Crippen LogP contribution in [0.4, 0.5) is 0 Å². The van der Waals surface area contributed by atoms with Crippen molar-refractivity contribution in [1.82, 2.24) is 14.4 Å². The normalized spacial score (nSPS) is 17.2. The van der Waals surface area contributed by atoms with E-state index in [-0.39, 0.29) is 12.5 Å². The van der Waals surface area contributed by atoms with Gasteiger partial charge in [0.1, 0.15) is 5.15 Å². The number of halogens is 1. The number of amides is 1. The van der Waals surface area contributed by atoms with Crippen LogP contribution in [-0.2, 0) is 0 Å². The zero-order valence-electron chi connectivity index (χ0n) is 15.3. The Labute approximate surface area is 163 Å². The van der Waals surface area contributed by atoms with E-state index < -0.39 is 0 Å². The van der Waals surface area contributed by atoms with Crippen molar-refractivity contribution in [2.24, 2.45) is 0 Å². The molecule has 5 nitrogen and oxygen atoms in total. The van der Waals surface area contributed by atoms with Gasteiger partial charge >= 0.3 is 0 Å². The second-order valence-corrected chi connectivity index (χ2v) is 7.34. The number of aliphatic hydroxyl groups is 1. The summed E-state index contributed by atoms with van der Waals surface area (Å²) < 4.78 is 1.99. The van der Waals surface area contributed by atoms with Crippen LogP contribution in [0.25, 0.3) is 17.8 Å². The quantitative estimate of drug-likeness (QED) is 0.861. The van der Waals surface area contributed by atoms with Crippen molar-refractivity contribution in [2.45, 2.75) is 12.8 Å². The van der Waals surface area contributed by atoms with Crippen LogP contribution in [0.5, 0.6) is 0 Å². The first-order valence-electron chi connectivity index (χ1n) is 9.49. The molecule has 1 aliphatic carbocycles. The molecule has 0 bridgehead atoms. The maximum Gasteiger partial charge on any atom is 0.257 e. The highest BCUT2D eigenvalue weighted by Gasteiger charge is 2.27. The minimum atomic E-state index is 0.00105. The van der Waals surface area contributed by atoms with Gasteiger partial charge in [-0.25, -0.2) is 0 Å². The number of carbonyl (C=O) groups is 1. The number of para-hydroxylation sites is 1. The van der Waals surface area contributed by atoms with Crippen molar-refractivity contribution in [2.75, 3.05) is 39.3 Å². The highest BCUT2D eigenvalue weighted by molar-refractivity contribution is 6.33. The number of nitrogens with zero attached hydrogens (tertiary/aromatic N) is 3. The summed E-state index contributed by atoms with van der Waals surface area (Å²) in [7, 11) is 0. The number of benzene rings is 1. The van der Waals surface area contributed by atoms with Gasteiger partial charge in [0.25, 0.3) is 5.91 Å². The van der Waals surface area contributed by atoms with Crippen LogP contribution in [0.15, 0.2) is 30.3 Å². The third kappa shape index (κ3) is 3.43. The van der Waals surface area contributed by atoms with E-state index in [2.05, 4.69) is 17.1 Å². The molecule has 6 heteroatoms. The summed E-state index contributed by atoms with van der Waals surface area (Å²) in [5.41, 5.74) is 1.58. The van der Waals surface area contributed by atoms with Crippen molar-refractivity contribution < 1.29 is 9.90 Å². The zero-order chi connectivity index (χ0) is 18.8. The van der Waals surface area contributed by atoms with Gasteiger partial charge < -0.3 is 10.0 Å². The number of piperazine rings is 1. The lowest BCUT2D eigenvalue weighted by Crippen LogP contribution is -2.50. The van der Waals surface area contributed by atoms with Crippen LogP contribution in [0.1, 0.15) is 23.2 Å². The fourth-order valence-electron chi connectivity index (χ4n) is 3.94. The Kier molecular flexibility index (Phi) is 5.34.